The van der Waals surface area contributed by atoms with Crippen molar-refractivity contribution in [2.45, 2.75) is 38.8 Å². The lowest BCUT2D eigenvalue weighted by molar-refractivity contribution is -0.135. The van der Waals surface area contributed by atoms with E-state index in [4.69, 9.17) is 5.73 Å². The first-order valence-corrected chi connectivity index (χ1v) is 8.77. The fourth-order valence-electron chi connectivity index (χ4n) is 3.21. The molecule has 4 nitrogen and oxygen atoms in total. The van der Waals surface area contributed by atoms with E-state index in [1.807, 2.05) is 36.1 Å². The minimum Gasteiger partial charge on any atom is -0.339 e. The van der Waals surface area contributed by atoms with Crippen LogP contribution in [0, 0.1) is 0 Å². The zero-order chi connectivity index (χ0) is 16.3. The summed E-state index contributed by atoms with van der Waals surface area (Å²) >= 11 is 3.41. The number of nitrogens with two attached hydrogens (primary N) is 1. The molecule has 1 aromatic rings. The highest BCUT2D eigenvalue weighted by atomic mass is 79.9. The van der Waals surface area contributed by atoms with Gasteiger partial charge in [0.05, 0.1) is 0 Å². The maximum Gasteiger partial charge on any atom is 0.247 e. The van der Waals surface area contributed by atoms with Crippen LogP contribution < -0.4 is 5.73 Å². The fourth-order valence-corrected chi connectivity index (χ4v) is 3.48. The summed E-state index contributed by atoms with van der Waals surface area (Å²) < 4.78 is 0.988. The van der Waals surface area contributed by atoms with Gasteiger partial charge in [-0.3, -0.25) is 9.69 Å². The number of rotatable bonds is 5. The number of hydrogen-bond acceptors (Lipinski definition) is 3. The van der Waals surface area contributed by atoms with E-state index < -0.39 is 5.54 Å². The average molecular weight is 441 g/mol. The van der Waals surface area contributed by atoms with Crippen molar-refractivity contribution >= 4 is 46.7 Å². The van der Waals surface area contributed by atoms with E-state index in [1.165, 1.54) is 0 Å². The summed E-state index contributed by atoms with van der Waals surface area (Å²) in [5.41, 5.74) is 6.26. The van der Waals surface area contributed by atoms with Crippen LogP contribution >= 0.6 is 40.7 Å². The highest BCUT2D eigenvalue weighted by Crippen LogP contribution is 2.25. The minimum absolute atomic E-state index is 0. The normalized spacial score (nSPS) is 19.4. The summed E-state index contributed by atoms with van der Waals surface area (Å²) in [4.78, 5) is 17.2. The van der Waals surface area contributed by atoms with Gasteiger partial charge in [0.15, 0.2) is 0 Å². The van der Waals surface area contributed by atoms with Crippen LogP contribution in [0.2, 0.25) is 0 Å². The molecule has 138 valence electrons. The number of nitrogens with zero attached hydrogens (tertiary/aromatic N) is 2. The number of carbonyl (C=O) groups excluding carboxylic acids is 1. The van der Waals surface area contributed by atoms with Crippen LogP contribution in [-0.4, -0.2) is 47.9 Å². The molecular weight excluding hydrogens is 413 g/mol. The molecule has 2 atom stereocenters. The van der Waals surface area contributed by atoms with Crippen LogP contribution in [0.3, 0.4) is 0 Å². The maximum atomic E-state index is 12.9. The van der Waals surface area contributed by atoms with Crippen molar-refractivity contribution in [2.75, 3.05) is 26.2 Å². The van der Waals surface area contributed by atoms with Crippen molar-refractivity contribution in [3.05, 3.63) is 34.3 Å². The molecule has 0 aromatic heterocycles. The van der Waals surface area contributed by atoms with Gasteiger partial charge in [-0.2, -0.15) is 0 Å². The summed E-state index contributed by atoms with van der Waals surface area (Å²) in [7, 11) is 0. The molecule has 1 fully saturated rings. The smallest absolute Gasteiger partial charge is 0.247 e. The van der Waals surface area contributed by atoms with E-state index in [0.717, 1.165) is 42.6 Å². The summed E-state index contributed by atoms with van der Waals surface area (Å²) in [6.45, 7) is 9.77. The van der Waals surface area contributed by atoms with E-state index in [2.05, 4.69) is 34.7 Å². The second-order valence-corrected chi connectivity index (χ2v) is 7.04. The lowest BCUT2D eigenvalue weighted by Gasteiger charge is -2.31. The van der Waals surface area contributed by atoms with Crippen molar-refractivity contribution in [3.63, 3.8) is 0 Å². The molecule has 0 radical (unpaired) electrons. The van der Waals surface area contributed by atoms with E-state index in [0.29, 0.717) is 6.04 Å². The van der Waals surface area contributed by atoms with Gasteiger partial charge in [-0.05, 0) is 44.1 Å². The second kappa shape index (κ2) is 9.97. The lowest BCUT2D eigenvalue weighted by Crippen LogP contribution is -2.51. The number of benzene rings is 1. The van der Waals surface area contributed by atoms with Gasteiger partial charge >= 0.3 is 0 Å². The standard InChI is InChI=1S/C17H26BrN3O.2ClH/c1-4-20(5-2)15-10-11-21(12-15)16(22)17(3,19)13-6-8-14(18)9-7-13;;/h6-9,15H,4-5,10-12,19H2,1-3H3;2*1H. The molecule has 1 aliphatic rings. The molecule has 1 amide bonds. The molecule has 0 spiro atoms. The highest BCUT2D eigenvalue weighted by Gasteiger charge is 2.38. The van der Waals surface area contributed by atoms with Crippen LogP contribution in [-0.2, 0) is 10.3 Å². The summed E-state index contributed by atoms with van der Waals surface area (Å²) in [5, 5.41) is 0. The Bertz CT molecular complexity index is 521. The Morgan fingerprint density at radius 1 is 1.29 bits per heavy atom. The van der Waals surface area contributed by atoms with Gasteiger partial charge in [0.1, 0.15) is 5.54 Å². The summed E-state index contributed by atoms with van der Waals surface area (Å²) in [6.07, 6.45) is 1.03. The Kier molecular flexibility index (Phi) is 9.84. The van der Waals surface area contributed by atoms with Crippen LogP contribution in [0.5, 0.6) is 0 Å². The second-order valence-electron chi connectivity index (χ2n) is 6.12. The molecule has 2 N–H and O–H groups in total. The zero-order valence-corrected chi connectivity index (χ0v) is 17.7. The average Bonchev–Trinajstić information content (AvgIpc) is 2.98. The molecule has 2 rings (SSSR count). The predicted molar refractivity (Wildman–Crippen MR) is 108 cm³/mol. The summed E-state index contributed by atoms with van der Waals surface area (Å²) in [6, 6.07) is 8.15. The van der Waals surface area contributed by atoms with Gasteiger partial charge in [-0.1, -0.05) is 41.9 Å². The number of carbonyl (C=O) groups is 1. The van der Waals surface area contributed by atoms with Crippen LogP contribution in [0.4, 0.5) is 0 Å². The fraction of sp³-hybridized carbons (Fsp3) is 0.588. The zero-order valence-electron chi connectivity index (χ0n) is 14.5. The van der Waals surface area contributed by atoms with Crippen molar-refractivity contribution < 1.29 is 4.79 Å². The van der Waals surface area contributed by atoms with E-state index in [1.54, 1.807) is 0 Å². The number of amides is 1. The SMILES string of the molecule is CCN(CC)C1CCN(C(=O)C(C)(N)c2ccc(Br)cc2)C1.Cl.Cl. The molecular formula is C17H28BrCl2N3O. The van der Waals surface area contributed by atoms with Crippen molar-refractivity contribution in [1.29, 1.82) is 0 Å². The van der Waals surface area contributed by atoms with Crippen molar-refractivity contribution in [3.8, 4) is 0 Å². The first kappa shape index (κ1) is 23.7. The molecule has 1 heterocycles. The molecule has 24 heavy (non-hydrogen) atoms. The maximum absolute atomic E-state index is 12.9. The molecule has 0 bridgehead atoms. The molecule has 1 saturated heterocycles. The quantitative estimate of drug-likeness (QED) is 0.763. The van der Waals surface area contributed by atoms with Crippen LogP contribution in [0.1, 0.15) is 32.8 Å². The Hall–Kier alpha value is -0.330. The molecule has 1 aromatic carbocycles. The summed E-state index contributed by atoms with van der Waals surface area (Å²) in [5.74, 6) is 0.0180. The first-order chi connectivity index (χ1) is 10.4. The van der Waals surface area contributed by atoms with Crippen LogP contribution in [0.25, 0.3) is 0 Å². The molecule has 0 saturated carbocycles. The number of likely N-dealkylation sites (N-methyl/N-ethyl adjacent to an activating group) is 1. The monoisotopic (exact) mass is 439 g/mol. The Labute approximate surface area is 166 Å². The number of halogens is 3. The molecule has 1 aliphatic heterocycles. The van der Waals surface area contributed by atoms with Gasteiger partial charge in [0.2, 0.25) is 5.91 Å². The number of likely N-dealkylation sites (tertiary alicyclic amines) is 1. The van der Waals surface area contributed by atoms with E-state index in [9.17, 15) is 4.79 Å². The topological polar surface area (TPSA) is 49.6 Å². The molecule has 7 heteroatoms. The first-order valence-electron chi connectivity index (χ1n) is 7.98. The highest BCUT2D eigenvalue weighted by molar-refractivity contribution is 9.10. The van der Waals surface area contributed by atoms with Crippen molar-refractivity contribution in [2.24, 2.45) is 5.73 Å². The Morgan fingerprint density at radius 3 is 2.33 bits per heavy atom. The Morgan fingerprint density at radius 2 is 1.83 bits per heavy atom. The van der Waals surface area contributed by atoms with Gasteiger partial charge < -0.3 is 10.6 Å². The lowest BCUT2D eigenvalue weighted by atomic mass is 9.92. The third kappa shape index (κ3) is 5.09. The molecule has 0 aliphatic carbocycles. The van der Waals surface area contributed by atoms with Gasteiger partial charge in [0.25, 0.3) is 0 Å². The Balaban J connectivity index is 0.00000264. The predicted octanol–water partition coefficient (Wildman–Crippen LogP) is 3.41. The minimum atomic E-state index is -0.973. The number of hydrogen-bond donors (Lipinski definition) is 1. The third-order valence-electron chi connectivity index (χ3n) is 4.67. The van der Waals surface area contributed by atoms with E-state index >= 15 is 0 Å². The van der Waals surface area contributed by atoms with Gasteiger partial charge in [-0.15, -0.1) is 24.8 Å². The van der Waals surface area contributed by atoms with Gasteiger partial charge in [0, 0.05) is 23.6 Å². The third-order valence-corrected chi connectivity index (χ3v) is 5.20. The van der Waals surface area contributed by atoms with E-state index in [-0.39, 0.29) is 30.7 Å². The largest absolute Gasteiger partial charge is 0.339 e. The van der Waals surface area contributed by atoms with Crippen LogP contribution in [0.15, 0.2) is 28.7 Å². The van der Waals surface area contributed by atoms with Crippen molar-refractivity contribution in [1.82, 2.24) is 9.80 Å². The molecule has 2 unspecified atom stereocenters. The van der Waals surface area contributed by atoms with Gasteiger partial charge in [-0.25, -0.2) is 0 Å².